The summed E-state index contributed by atoms with van der Waals surface area (Å²) in [6.45, 7) is 18.3. The smallest absolute Gasteiger partial charge is 0.0594 e. The second-order valence-electron chi connectivity index (χ2n) is 6.12. The Morgan fingerprint density at radius 1 is 1.30 bits per heavy atom. The molecule has 0 aromatic carbocycles. The van der Waals surface area contributed by atoms with Gasteiger partial charge in [-0.3, -0.25) is 4.90 Å². The summed E-state index contributed by atoms with van der Waals surface area (Å²) >= 11 is 0. The lowest BCUT2D eigenvalue weighted by Gasteiger charge is -2.48. The Balaban J connectivity index is 2.82. The van der Waals surface area contributed by atoms with Crippen molar-refractivity contribution in [1.29, 1.82) is 0 Å². The minimum Gasteiger partial charge on any atom is -0.379 e. The van der Waals surface area contributed by atoms with Gasteiger partial charge in [-0.15, -0.1) is 0 Å². The standard InChI is InChI=1S/C17H34N2O/c1-6-9-18-16(14-15(4)7-2)17(5,8-3)19-10-12-20-13-11-19/h16,18H,4,6-14H2,1-3,5H3. The molecule has 2 unspecified atom stereocenters. The van der Waals surface area contributed by atoms with Gasteiger partial charge in [-0.2, -0.15) is 0 Å². The molecule has 0 amide bonds. The van der Waals surface area contributed by atoms with Gasteiger partial charge in [0.1, 0.15) is 0 Å². The molecule has 0 radical (unpaired) electrons. The van der Waals surface area contributed by atoms with Crippen LogP contribution in [0.2, 0.25) is 0 Å². The minimum absolute atomic E-state index is 0.192. The highest BCUT2D eigenvalue weighted by Gasteiger charge is 2.38. The summed E-state index contributed by atoms with van der Waals surface area (Å²) in [6.07, 6.45) is 4.49. The van der Waals surface area contributed by atoms with E-state index in [-0.39, 0.29) is 5.54 Å². The third kappa shape index (κ3) is 4.57. The first-order chi connectivity index (χ1) is 9.58. The molecule has 1 aliphatic heterocycles. The van der Waals surface area contributed by atoms with Crippen LogP contribution in [0.15, 0.2) is 12.2 Å². The molecule has 1 aliphatic rings. The van der Waals surface area contributed by atoms with Crippen molar-refractivity contribution in [3.05, 3.63) is 12.2 Å². The molecule has 1 rings (SSSR count). The number of nitrogens with zero attached hydrogens (tertiary/aromatic N) is 1. The molecule has 3 heteroatoms. The predicted octanol–water partition coefficient (Wildman–Crippen LogP) is 3.21. The molecule has 0 aromatic rings. The molecule has 0 saturated carbocycles. The molecule has 0 aliphatic carbocycles. The monoisotopic (exact) mass is 282 g/mol. The highest BCUT2D eigenvalue weighted by atomic mass is 16.5. The Bertz CT molecular complexity index is 287. The predicted molar refractivity (Wildman–Crippen MR) is 87.2 cm³/mol. The van der Waals surface area contributed by atoms with E-state index in [0.717, 1.165) is 52.1 Å². The molecule has 3 nitrogen and oxygen atoms in total. The van der Waals surface area contributed by atoms with Crippen LogP contribution in [0.5, 0.6) is 0 Å². The fourth-order valence-electron chi connectivity index (χ4n) is 3.03. The Hall–Kier alpha value is -0.380. The quantitative estimate of drug-likeness (QED) is 0.657. The molecule has 0 bridgehead atoms. The van der Waals surface area contributed by atoms with Crippen molar-refractivity contribution in [3.8, 4) is 0 Å². The van der Waals surface area contributed by atoms with Gasteiger partial charge < -0.3 is 10.1 Å². The second kappa shape index (κ2) is 8.81. The molecule has 1 heterocycles. The number of rotatable bonds is 9. The van der Waals surface area contributed by atoms with E-state index in [9.17, 15) is 0 Å². The lowest BCUT2D eigenvalue weighted by molar-refractivity contribution is -0.0322. The Morgan fingerprint density at radius 2 is 1.95 bits per heavy atom. The van der Waals surface area contributed by atoms with Crippen LogP contribution in [0, 0.1) is 0 Å². The maximum absolute atomic E-state index is 5.52. The van der Waals surface area contributed by atoms with E-state index in [2.05, 4.69) is 44.5 Å². The average molecular weight is 282 g/mol. The molecule has 1 saturated heterocycles. The number of hydrogen-bond donors (Lipinski definition) is 1. The largest absolute Gasteiger partial charge is 0.379 e. The van der Waals surface area contributed by atoms with Gasteiger partial charge in [0.05, 0.1) is 13.2 Å². The zero-order chi connectivity index (χ0) is 15.0. The minimum atomic E-state index is 0.192. The van der Waals surface area contributed by atoms with Crippen LogP contribution >= 0.6 is 0 Å². The summed E-state index contributed by atoms with van der Waals surface area (Å²) in [7, 11) is 0. The van der Waals surface area contributed by atoms with Gasteiger partial charge in [-0.25, -0.2) is 0 Å². The summed E-state index contributed by atoms with van der Waals surface area (Å²) in [5, 5.41) is 3.78. The van der Waals surface area contributed by atoms with Gasteiger partial charge >= 0.3 is 0 Å². The van der Waals surface area contributed by atoms with E-state index in [1.165, 1.54) is 12.0 Å². The first kappa shape index (κ1) is 17.7. The van der Waals surface area contributed by atoms with Crippen molar-refractivity contribution < 1.29 is 4.74 Å². The van der Waals surface area contributed by atoms with Crippen LogP contribution in [0.3, 0.4) is 0 Å². The van der Waals surface area contributed by atoms with Gasteiger partial charge in [-0.1, -0.05) is 32.9 Å². The lowest BCUT2D eigenvalue weighted by atomic mass is 9.82. The van der Waals surface area contributed by atoms with Gasteiger partial charge in [0.15, 0.2) is 0 Å². The summed E-state index contributed by atoms with van der Waals surface area (Å²) in [6, 6.07) is 0.484. The zero-order valence-corrected chi connectivity index (χ0v) is 14.0. The average Bonchev–Trinajstić information content (AvgIpc) is 2.51. The van der Waals surface area contributed by atoms with Crippen molar-refractivity contribution in [2.75, 3.05) is 32.8 Å². The van der Waals surface area contributed by atoms with Crippen LogP contribution in [-0.4, -0.2) is 49.3 Å². The van der Waals surface area contributed by atoms with Crippen LogP contribution in [0.1, 0.15) is 53.4 Å². The topological polar surface area (TPSA) is 24.5 Å². The molecular weight excluding hydrogens is 248 g/mol. The molecule has 2 atom stereocenters. The maximum atomic E-state index is 5.52. The summed E-state index contributed by atoms with van der Waals surface area (Å²) < 4.78 is 5.52. The summed E-state index contributed by atoms with van der Waals surface area (Å²) in [4.78, 5) is 2.62. The Kier molecular flexibility index (Phi) is 7.78. The molecule has 1 N–H and O–H groups in total. The molecule has 0 aromatic heterocycles. The Labute approximate surface area is 125 Å². The van der Waals surface area contributed by atoms with E-state index in [0.29, 0.717) is 6.04 Å². The van der Waals surface area contributed by atoms with Crippen molar-refractivity contribution >= 4 is 0 Å². The van der Waals surface area contributed by atoms with Gasteiger partial charge in [0.2, 0.25) is 0 Å². The van der Waals surface area contributed by atoms with Crippen LogP contribution in [0.4, 0.5) is 0 Å². The number of nitrogens with one attached hydrogen (secondary N) is 1. The summed E-state index contributed by atoms with van der Waals surface area (Å²) in [5.41, 5.74) is 1.54. The van der Waals surface area contributed by atoms with Crippen molar-refractivity contribution in [1.82, 2.24) is 10.2 Å². The lowest BCUT2D eigenvalue weighted by Crippen LogP contribution is -2.62. The normalized spacial score (nSPS) is 21.4. The molecule has 20 heavy (non-hydrogen) atoms. The summed E-state index contributed by atoms with van der Waals surface area (Å²) in [5.74, 6) is 0. The number of ether oxygens (including phenoxy) is 1. The molecule has 118 valence electrons. The molecule has 0 spiro atoms. The second-order valence-corrected chi connectivity index (χ2v) is 6.12. The zero-order valence-electron chi connectivity index (χ0n) is 14.0. The SMILES string of the molecule is C=C(CC)CC(NCCC)C(C)(CC)N1CCOCC1. The molecular formula is C17H34N2O. The molecule has 1 fully saturated rings. The van der Waals surface area contributed by atoms with E-state index in [1.54, 1.807) is 0 Å². The van der Waals surface area contributed by atoms with E-state index >= 15 is 0 Å². The first-order valence-corrected chi connectivity index (χ1v) is 8.31. The van der Waals surface area contributed by atoms with Gasteiger partial charge in [0, 0.05) is 24.7 Å². The fraction of sp³-hybridized carbons (Fsp3) is 0.882. The van der Waals surface area contributed by atoms with Crippen molar-refractivity contribution in [2.45, 2.75) is 65.0 Å². The number of hydrogen-bond acceptors (Lipinski definition) is 3. The van der Waals surface area contributed by atoms with E-state index in [4.69, 9.17) is 4.74 Å². The highest BCUT2D eigenvalue weighted by Crippen LogP contribution is 2.29. The Morgan fingerprint density at radius 3 is 2.45 bits per heavy atom. The van der Waals surface area contributed by atoms with Gasteiger partial charge in [-0.05, 0) is 39.2 Å². The fourth-order valence-corrected chi connectivity index (χ4v) is 3.03. The number of morpholine rings is 1. The van der Waals surface area contributed by atoms with Crippen LogP contribution in [0.25, 0.3) is 0 Å². The van der Waals surface area contributed by atoms with Crippen molar-refractivity contribution in [2.24, 2.45) is 0 Å². The first-order valence-electron chi connectivity index (χ1n) is 8.31. The van der Waals surface area contributed by atoms with Crippen LogP contribution < -0.4 is 5.32 Å². The van der Waals surface area contributed by atoms with Crippen LogP contribution in [-0.2, 0) is 4.74 Å². The van der Waals surface area contributed by atoms with Gasteiger partial charge in [0.25, 0.3) is 0 Å². The van der Waals surface area contributed by atoms with E-state index in [1.807, 2.05) is 0 Å². The maximum Gasteiger partial charge on any atom is 0.0594 e. The highest BCUT2D eigenvalue weighted by molar-refractivity contribution is 5.05. The van der Waals surface area contributed by atoms with Crippen molar-refractivity contribution in [3.63, 3.8) is 0 Å². The third-order valence-electron chi connectivity index (χ3n) is 4.83. The third-order valence-corrected chi connectivity index (χ3v) is 4.83. The van der Waals surface area contributed by atoms with E-state index < -0.39 is 0 Å².